The van der Waals surface area contributed by atoms with Crippen LogP contribution in [0, 0.1) is 11.6 Å². The molecule has 11 aromatic carbocycles. The van der Waals surface area contributed by atoms with Crippen molar-refractivity contribution < 1.29 is 8.78 Å². The summed E-state index contributed by atoms with van der Waals surface area (Å²) in [6.45, 7) is 13.4. The summed E-state index contributed by atoms with van der Waals surface area (Å²) in [5.74, 6) is -0.574. The zero-order valence-corrected chi connectivity index (χ0v) is 43.5. The number of anilines is 6. The molecule has 0 bridgehead atoms. The molecular weight excluding hydrogens is 933 g/mol. The normalized spacial score (nSPS) is 13.4. The fourth-order valence-electron chi connectivity index (χ4n) is 12.9. The molecule has 12 aromatic rings. The smallest absolute Gasteiger partial charge is 0.123 e. The Bertz CT molecular complexity index is 4110. The topological polar surface area (TPSA) is 11.4 Å². The summed E-state index contributed by atoms with van der Waals surface area (Å²) in [5, 5.41) is 6.78. The predicted octanol–water partition coefficient (Wildman–Crippen LogP) is 19.6. The molecule has 2 heterocycles. The van der Waals surface area contributed by atoms with Gasteiger partial charge in [0, 0.05) is 44.3 Å². The maximum Gasteiger partial charge on any atom is 0.123 e. The lowest BCUT2D eigenvalue weighted by Crippen LogP contribution is -2.34. The molecule has 368 valence electrons. The number of halogens is 2. The molecule has 1 aliphatic heterocycles. The number of nitrogens with zero attached hydrogens (tertiary/aromatic N) is 3. The minimum absolute atomic E-state index is 0.0562. The third-order valence-corrected chi connectivity index (χ3v) is 16.4. The number of aromatic nitrogens is 1. The molecule has 0 fully saturated rings. The van der Waals surface area contributed by atoms with E-state index in [0.717, 1.165) is 78.0 Å². The van der Waals surface area contributed by atoms with Crippen LogP contribution < -0.4 is 9.80 Å². The summed E-state index contributed by atoms with van der Waals surface area (Å²) in [4.78, 5) is 4.64. The first-order valence-corrected chi connectivity index (χ1v) is 26.4. The van der Waals surface area contributed by atoms with Crippen LogP contribution in [0.15, 0.2) is 224 Å². The molecule has 0 saturated heterocycles. The van der Waals surface area contributed by atoms with Gasteiger partial charge in [0.15, 0.2) is 0 Å². The van der Waals surface area contributed by atoms with Gasteiger partial charge < -0.3 is 14.4 Å². The van der Waals surface area contributed by atoms with E-state index < -0.39 is 5.41 Å². The molecule has 0 N–H and O–H groups in total. The summed E-state index contributed by atoms with van der Waals surface area (Å²) in [5.41, 5.74) is 17.6. The minimum Gasteiger partial charge on any atom is -0.310 e. The molecule has 0 atom stereocenters. The van der Waals surface area contributed by atoms with Crippen molar-refractivity contribution in [3.05, 3.63) is 269 Å². The summed E-state index contributed by atoms with van der Waals surface area (Å²) >= 11 is 0. The minimum atomic E-state index is -0.891. The first-order valence-electron chi connectivity index (χ1n) is 26.4. The van der Waals surface area contributed by atoms with Crippen LogP contribution in [0.4, 0.5) is 42.9 Å². The maximum absolute atomic E-state index is 15.1. The molecule has 0 radical (unpaired) electrons. The average Bonchev–Trinajstić information content (AvgIpc) is 3.98. The quantitative estimate of drug-likeness (QED) is 0.164. The highest BCUT2D eigenvalue weighted by Gasteiger charge is 2.53. The van der Waals surface area contributed by atoms with E-state index >= 15 is 8.78 Å². The van der Waals surface area contributed by atoms with Crippen LogP contribution in [0.25, 0.3) is 60.2 Å². The first kappa shape index (κ1) is 45.8. The second-order valence-corrected chi connectivity index (χ2v) is 22.8. The number of benzene rings is 11. The van der Waals surface area contributed by atoms with Crippen LogP contribution in [-0.2, 0) is 16.2 Å². The molecule has 1 aromatic heterocycles. The Morgan fingerprint density at radius 2 is 0.737 bits per heavy atom. The highest BCUT2D eigenvalue weighted by atomic mass is 19.1. The van der Waals surface area contributed by atoms with Crippen LogP contribution in [0.2, 0.25) is 0 Å². The van der Waals surface area contributed by atoms with E-state index in [9.17, 15) is 0 Å². The largest absolute Gasteiger partial charge is 0.310 e. The van der Waals surface area contributed by atoms with Crippen LogP contribution in [0.1, 0.15) is 74.9 Å². The molecule has 3 nitrogen and oxygen atoms in total. The molecule has 0 unspecified atom stereocenters. The molecule has 0 saturated carbocycles. The Morgan fingerprint density at radius 1 is 0.355 bits per heavy atom. The number of rotatable bonds is 6. The van der Waals surface area contributed by atoms with Gasteiger partial charge in [0.2, 0.25) is 0 Å². The number of fused-ring (bicyclic) bond motifs is 16. The summed E-state index contributed by atoms with van der Waals surface area (Å²) in [7, 11) is 0. The fourth-order valence-corrected chi connectivity index (χ4v) is 12.9. The lowest BCUT2D eigenvalue weighted by atomic mass is 9.65. The van der Waals surface area contributed by atoms with Crippen molar-refractivity contribution in [2.45, 2.75) is 57.8 Å². The summed E-state index contributed by atoms with van der Waals surface area (Å²) in [6.07, 6.45) is 0. The lowest BCUT2D eigenvalue weighted by Gasteiger charge is -2.40. The molecule has 2 aliphatic rings. The molecule has 1 spiro atoms. The van der Waals surface area contributed by atoms with Gasteiger partial charge >= 0.3 is 0 Å². The van der Waals surface area contributed by atoms with Crippen LogP contribution >= 0.6 is 0 Å². The Labute approximate surface area is 442 Å². The van der Waals surface area contributed by atoms with Crippen LogP contribution in [0.5, 0.6) is 0 Å². The van der Waals surface area contributed by atoms with Gasteiger partial charge in [0.05, 0.1) is 33.5 Å². The fraction of sp³-hybridized carbons (Fsp3) is 0.127. The zero-order valence-electron chi connectivity index (χ0n) is 43.5. The molecular formula is C71H55F2N3. The Balaban J connectivity index is 1.17. The van der Waals surface area contributed by atoms with Gasteiger partial charge in [0.1, 0.15) is 11.6 Å². The number of para-hydroxylation sites is 3. The van der Waals surface area contributed by atoms with E-state index in [2.05, 4.69) is 232 Å². The standard InChI is InChI=1S/C71H55F2N3/c1-69(2,3)44-26-34-48(35-27-44)74(50-38-30-46(72)31-39-50)64-42-60-66(55-19-9-7-16-52(55)64)67-56-20-10-8-17-53(56)65(75(51-40-32-47(73)33-41-51)49-36-28-45(29-37-49)70(4,5)6)43-61(67)71(60)58-22-12-14-25-63(58)76-62-24-13-11-18-54(62)57-21-15-23-59(71)68(57)76/h7-43H,1-6H3. The Morgan fingerprint density at radius 3 is 1.21 bits per heavy atom. The van der Waals surface area contributed by atoms with Crippen molar-refractivity contribution in [3.8, 4) is 16.8 Å². The van der Waals surface area contributed by atoms with E-state index in [4.69, 9.17) is 0 Å². The molecule has 14 rings (SSSR count). The Hall–Kier alpha value is -8.80. The first-order chi connectivity index (χ1) is 36.8. The summed E-state index contributed by atoms with van der Waals surface area (Å²) in [6, 6.07) is 78.9. The SMILES string of the molecule is CC(C)(C)c1ccc(N(c2ccc(F)cc2)c2cc3c(c4ccccc24)-c2c(cc(N(c4ccc(F)cc4)c4ccc(C(C)(C)C)cc4)c4ccccc24)C32c3ccccc3-n3c4ccccc4c4cccc2c43)cc1. The highest BCUT2D eigenvalue weighted by Crippen LogP contribution is 2.66. The van der Waals surface area contributed by atoms with E-state index in [1.54, 1.807) is 24.3 Å². The van der Waals surface area contributed by atoms with Gasteiger partial charge in [-0.2, -0.15) is 0 Å². The predicted molar refractivity (Wildman–Crippen MR) is 313 cm³/mol. The van der Waals surface area contributed by atoms with E-state index in [1.165, 1.54) is 49.7 Å². The molecule has 1 aliphatic carbocycles. The lowest BCUT2D eigenvalue weighted by molar-refractivity contribution is 0.590. The van der Waals surface area contributed by atoms with Gasteiger partial charge in [-0.15, -0.1) is 0 Å². The zero-order chi connectivity index (χ0) is 51.8. The van der Waals surface area contributed by atoms with E-state index in [0.29, 0.717) is 0 Å². The van der Waals surface area contributed by atoms with Crippen molar-refractivity contribution in [1.29, 1.82) is 0 Å². The van der Waals surface area contributed by atoms with Crippen molar-refractivity contribution >= 4 is 77.5 Å². The van der Waals surface area contributed by atoms with Gasteiger partial charge in [-0.1, -0.05) is 169 Å². The van der Waals surface area contributed by atoms with Crippen LogP contribution in [-0.4, -0.2) is 4.57 Å². The second-order valence-electron chi connectivity index (χ2n) is 22.8. The molecule has 5 heteroatoms. The van der Waals surface area contributed by atoms with Crippen molar-refractivity contribution in [1.82, 2.24) is 4.57 Å². The number of hydrogen-bond acceptors (Lipinski definition) is 2. The third-order valence-electron chi connectivity index (χ3n) is 16.4. The maximum atomic E-state index is 15.1. The van der Waals surface area contributed by atoms with Crippen molar-refractivity contribution in [2.24, 2.45) is 0 Å². The molecule has 0 amide bonds. The monoisotopic (exact) mass is 987 g/mol. The van der Waals surface area contributed by atoms with Crippen molar-refractivity contribution in [2.75, 3.05) is 9.80 Å². The Kier molecular flexibility index (Phi) is 10.0. The van der Waals surface area contributed by atoms with E-state index in [-0.39, 0.29) is 22.5 Å². The van der Waals surface area contributed by atoms with Gasteiger partial charge in [-0.25, -0.2) is 8.78 Å². The van der Waals surface area contributed by atoms with Gasteiger partial charge in [-0.3, -0.25) is 0 Å². The second kappa shape index (κ2) is 16.6. The van der Waals surface area contributed by atoms with Crippen LogP contribution in [0.3, 0.4) is 0 Å². The van der Waals surface area contributed by atoms with E-state index in [1.807, 2.05) is 24.3 Å². The number of hydrogen-bond donors (Lipinski definition) is 0. The average molecular weight is 988 g/mol. The van der Waals surface area contributed by atoms with Gasteiger partial charge in [0.25, 0.3) is 0 Å². The van der Waals surface area contributed by atoms with Crippen molar-refractivity contribution in [3.63, 3.8) is 0 Å². The highest BCUT2D eigenvalue weighted by molar-refractivity contribution is 6.20. The summed E-state index contributed by atoms with van der Waals surface area (Å²) < 4.78 is 32.7. The molecule has 76 heavy (non-hydrogen) atoms. The van der Waals surface area contributed by atoms with Gasteiger partial charge in [-0.05, 0) is 163 Å². The third kappa shape index (κ3) is 6.64.